The molecule has 6 heteroatoms. The quantitative estimate of drug-likeness (QED) is 0.648. The van der Waals surface area contributed by atoms with Gasteiger partial charge in [0.2, 0.25) is 6.29 Å². The summed E-state index contributed by atoms with van der Waals surface area (Å²) in [6.07, 6.45) is -0.859. The van der Waals surface area contributed by atoms with E-state index >= 15 is 0 Å². The van der Waals surface area contributed by atoms with Crippen molar-refractivity contribution >= 4 is 0 Å². The van der Waals surface area contributed by atoms with Crippen molar-refractivity contribution in [3.63, 3.8) is 0 Å². The van der Waals surface area contributed by atoms with Crippen LogP contribution in [0.15, 0.2) is 30.3 Å². The Balaban J connectivity index is 2.18. The molecule has 2 unspecified atom stereocenters. The highest BCUT2D eigenvalue weighted by atomic mass is 17.4. The van der Waals surface area contributed by atoms with Gasteiger partial charge in [-0.05, 0) is 20.8 Å². The Kier molecular flexibility index (Phi) is 3.67. The molecule has 0 aliphatic carbocycles. The van der Waals surface area contributed by atoms with Crippen molar-refractivity contribution in [2.24, 2.45) is 0 Å². The summed E-state index contributed by atoms with van der Waals surface area (Å²) in [6.45, 7) is 4.75. The molecule has 2 rings (SSSR count). The molecule has 0 spiro atoms. The third-order valence-corrected chi connectivity index (χ3v) is 2.98. The number of hydrogen-bond acceptors (Lipinski definition) is 6. The first kappa shape index (κ1) is 13.4. The monoisotopic (exact) mass is 256 g/mol. The standard InChI is InChI=1S/C12H16O6/c1-11(2)12(3,16-13)18-15-10(14-17-11)9-7-5-4-6-8-9/h4-8,10,13H,1-3H3. The predicted octanol–water partition coefficient (Wildman–Crippen LogP) is 2.58. The molecular weight excluding hydrogens is 240 g/mol. The molecule has 1 N–H and O–H groups in total. The van der Waals surface area contributed by atoms with Gasteiger partial charge < -0.3 is 0 Å². The van der Waals surface area contributed by atoms with Gasteiger partial charge in [0.15, 0.2) is 5.60 Å². The molecule has 0 amide bonds. The molecule has 1 fully saturated rings. The second kappa shape index (κ2) is 4.93. The summed E-state index contributed by atoms with van der Waals surface area (Å²) in [5.41, 5.74) is -0.346. The van der Waals surface area contributed by atoms with E-state index < -0.39 is 17.7 Å². The van der Waals surface area contributed by atoms with Crippen LogP contribution in [0, 0.1) is 0 Å². The lowest BCUT2D eigenvalue weighted by Gasteiger charge is -2.34. The summed E-state index contributed by atoms with van der Waals surface area (Å²) in [5.74, 6) is -1.50. The van der Waals surface area contributed by atoms with E-state index in [1.165, 1.54) is 6.92 Å². The molecule has 100 valence electrons. The van der Waals surface area contributed by atoms with Gasteiger partial charge in [-0.15, -0.1) is 0 Å². The lowest BCUT2D eigenvalue weighted by molar-refractivity contribution is -0.518. The first-order valence-corrected chi connectivity index (χ1v) is 5.55. The van der Waals surface area contributed by atoms with Crippen molar-refractivity contribution in [2.45, 2.75) is 38.4 Å². The minimum Gasteiger partial charge on any atom is -0.249 e. The molecule has 1 aromatic carbocycles. The molecule has 0 aromatic heterocycles. The van der Waals surface area contributed by atoms with Gasteiger partial charge in [0.1, 0.15) is 0 Å². The summed E-state index contributed by atoms with van der Waals surface area (Å²) in [5, 5.41) is 8.93. The Hall–Kier alpha value is -1.02. The van der Waals surface area contributed by atoms with Gasteiger partial charge in [-0.1, -0.05) is 30.3 Å². The molecule has 18 heavy (non-hydrogen) atoms. The number of rotatable bonds is 2. The van der Waals surface area contributed by atoms with E-state index in [4.69, 9.17) is 24.8 Å². The molecule has 6 nitrogen and oxygen atoms in total. The molecule has 0 saturated carbocycles. The van der Waals surface area contributed by atoms with Crippen LogP contribution in [0.4, 0.5) is 0 Å². The van der Waals surface area contributed by atoms with Crippen molar-refractivity contribution < 1.29 is 29.7 Å². The summed E-state index contributed by atoms with van der Waals surface area (Å²) >= 11 is 0. The van der Waals surface area contributed by atoms with Gasteiger partial charge in [0.05, 0.1) is 0 Å². The van der Waals surface area contributed by atoms with Gasteiger partial charge in [0.25, 0.3) is 5.79 Å². The maximum atomic E-state index is 8.93. The lowest BCUT2D eigenvalue weighted by atomic mass is 10.00. The smallest absolute Gasteiger partial charge is 0.249 e. The SMILES string of the molecule is CC1(C)OOC(c2ccccc2)OOC1(C)OO. The second-order valence-corrected chi connectivity index (χ2v) is 4.65. The molecule has 0 bridgehead atoms. The van der Waals surface area contributed by atoms with Gasteiger partial charge in [-0.25, -0.2) is 10.1 Å². The molecule has 0 radical (unpaired) electrons. The minimum absolute atomic E-state index is 0.718. The van der Waals surface area contributed by atoms with Crippen LogP contribution in [0.2, 0.25) is 0 Å². The zero-order chi connectivity index (χ0) is 13.2. The third-order valence-electron chi connectivity index (χ3n) is 2.98. The minimum atomic E-state index is -1.50. The molecule has 1 saturated heterocycles. The Bertz CT molecular complexity index is 393. The molecule has 1 aliphatic heterocycles. The van der Waals surface area contributed by atoms with Crippen LogP contribution < -0.4 is 0 Å². The van der Waals surface area contributed by atoms with E-state index in [2.05, 4.69) is 4.89 Å². The zero-order valence-corrected chi connectivity index (χ0v) is 10.5. The van der Waals surface area contributed by atoms with Crippen LogP contribution in [0.1, 0.15) is 32.6 Å². The Morgan fingerprint density at radius 3 is 2.28 bits per heavy atom. The maximum absolute atomic E-state index is 8.93. The van der Waals surface area contributed by atoms with Crippen LogP contribution in [0.25, 0.3) is 0 Å². The van der Waals surface area contributed by atoms with Crippen molar-refractivity contribution in [2.75, 3.05) is 0 Å². The van der Waals surface area contributed by atoms with Gasteiger partial charge in [-0.3, -0.25) is 0 Å². The second-order valence-electron chi connectivity index (χ2n) is 4.65. The van der Waals surface area contributed by atoms with Gasteiger partial charge >= 0.3 is 0 Å². The molecule has 1 aromatic rings. The van der Waals surface area contributed by atoms with Crippen LogP contribution in [0.3, 0.4) is 0 Å². The highest BCUT2D eigenvalue weighted by Gasteiger charge is 2.51. The average Bonchev–Trinajstić information content (AvgIpc) is 2.49. The third kappa shape index (κ3) is 2.39. The van der Waals surface area contributed by atoms with Crippen molar-refractivity contribution in [1.29, 1.82) is 0 Å². The maximum Gasteiger partial charge on any atom is 0.262 e. The van der Waals surface area contributed by atoms with Gasteiger partial charge in [0, 0.05) is 5.56 Å². The van der Waals surface area contributed by atoms with Crippen molar-refractivity contribution in [1.82, 2.24) is 0 Å². The van der Waals surface area contributed by atoms with Crippen LogP contribution >= 0.6 is 0 Å². The summed E-state index contributed by atoms with van der Waals surface area (Å²) in [6, 6.07) is 9.13. The van der Waals surface area contributed by atoms with Crippen molar-refractivity contribution in [3.8, 4) is 0 Å². The first-order chi connectivity index (χ1) is 8.48. The van der Waals surface area contributed by atoms with Gasteiger partial charge in [-0.2, -0.15) is 19.6 Å². The normalized spacial score (nSPS) is 31.9. The topological polar surface area (TPSA) is 66.4 Å². The fraction of sp³-hybridized carbons (Fsp3) is 0.500. The number of hydrogen-bond donors (Lipinski definition) is 1. The van der Waals surface area contributed by atoms with E-state index in [0.717, 1.165) is 5.56 Å². The average molecular weight is 256 g/mol. The number of benzene rings is 1. The van der Waals surface area contributed by atoms with Crippen LogP contribution in [-0.4, -0.2) is 16.6 Å². The van der Waals surface area contributed by atoms with E-state index in [1.807, 2.05) is 18.2 Å². The molecule has 1 aliphatic rings. The highest BCUT2D eigenvalue weighted by molar-refractivity contribution is 5.15. The Morgan fingerprint density at radius 2 is 1.67 bits per heavy atom. The Labute approximate surface area is 105 Å². The molecule has 1 heterocycles. The largest absolute Gasteiger partial charge is 0.262 e. The van der Waals surface area contributed by atoms with E-state index in [1.54, 1.807) is 26.0 Å². The Morgan fingerprint density at radius 1 is 1.06 bits per heavy atom. The summed E-state index contributed by atoms with van der Waals surface area (Å²) in [4.78, 5) is 24.9. The molecule has 2 atom stereocenters. The highest BCUT2D eigenvalue weighted by Crippen LogP contribution is 2.37. The summed E-state index contributed by atoms with van der Waals surface area (Å²) < 4.78 is 0. The molecular formula is C12H16O6. The van der Waals surface area contributed by atoms with Crippen molar-refractivity contribution in [3.05, 3.63) is 35.9 Å². The lowest BCUT2D eigenvalue weighted by Crippen LogP contribution is -2.51. The van der Waals surface area contributed by atoms with E-state index in [-0.39, 0.29) is 0 Å². The zero-order valence-electron chi connectivity index (χ0n) is 10.5. The predicted molar refractivity (Wildman–Crippen MR) is 59.7 cm³/mol. The van der Waals surface area contributed by atoms with Crippen LogP contribution in [-0.2, 0) is 24.4 Å². The van der Waals surface area contributed by atoms with E-state index in [0.29, 0.717) is 0 Å². The summed E-state index contributed by atoms with van der Waals surface area (Å²) in [7, 11) is 0. The van der Waals surface area contributed by atoms with E-state index in [9.17, 15) is 0 Å². The first-order valence-electron chi connectivity index (χ1n) is 5.55. The van der Waals surface area contributed by atoms with Crippen LogP contribution in [0.5, 0.6) is 0 Å². The fourth-order valence-electron chi connectivity index (χ4n) is 1.34. The fourth-order valence-corrected chi connectivity index (χ4v) is 1.34.